The molecule has 1 atom stereocenters. The van der Waals surface area contributed by atoms with E-state index in [0.717, 1.165) is 28.5 Å². The van der Waals surface area contributed by atoms with Crippen molar-refractivity contribution in [1.82, 2.24) is 9.55 Å². The molecule has 3 aliphatic heterocycles. The smallest absolute Gasteiger partial charge is 0.343 e. The van der Waals surface area contributed by atoms with E-state index in [9.17, 15) is 14.7 Å². The van der Waals surface area contributed by atoms with E-state index in [-0.39, 0.29) is 25.4 Å². The molecule has 0 bridgehead atoms. The standard InChI is InChI=1S/C29H24N2O6/c1-3-15-5-7-16(8-6-15)24-18-9-17-12-31-22(25(17)30-21(18)11-23-26(24)37-14-36-23)10-20-19(27(31)32)13-35-28(33)29(20,34)4-2/h5-11,34H,3-4,12-14H2,1-2H3/t29-/m0/s1. The largest absolute Gasteiger partial charge is 0.458 e. The van der Waals surface area contributed by atoms with E-state index in [4.69, 9.17) is 19.2 Å². The van der Waals surface area contributed by atoms with Crippen molar-refractivity contribution in [2.45, 2.75) is 45.4 Å². The monoisotopic (exact) mass is 496 g/mol. The molecule has 0 amide bonds. The van der Waals surface area contributed by atoms with Crippen LogP contribution in [0.3, 0.4) is 0 Å². The molecular weight excluding hydrogens is 472 g/mol. The number of aryl methyl sites for hydroxylation is 1. The Hall–Kier alpha value is -4.17. The lowest BCUT2D eigenvalue weighted by Gasteiger charge is -2.31. The molecule has 0 unspecified atom stereocenters. The normalized spacial score (nSPS) is 18.9. The van der Waals surface area contributed by atoms with Crippen LogP contribution < -0.4 is 15.0 Å². The van der Waals surface area contributed by atoms with E-state index in [2.05, 4.69) is 37.3 Å². The first kappa shape index (κ1) is 22.1. The van der Waals surface area contributed by atoms with Gasteiger partial charge in [-0.2, -0.15) is 0 Å². The molecule has 7 rings (SSSR count). The Kier molecular flexibility index (Phi) is 4.57. The lowest BCUT2D eigenvalue weighted by molar-refractivity contribution is -0.172. The second kappa shape index (κ2) is 7.66. The van der Waals surface area contributed by atoms with Crippen LogP contribution in [0.2, 0.25) is 0 Å². The fraction of sp³-hybridized carbons (Fsp3) is 0.276. The molecule has 2 aromatic carbocycles. The number of hydrogen-bond donors (Lipinski definition) is 1. The number of ether oxygens (including phenoxy) is 3. The highest BCUT2D eigenvalue weighted by Crippen LogP contribution is 2.48. The molecule has 8 heteroatoms. The van der Waals surface area contributed by atoms with Crippen molar-refractivity contribution >= 4 is 16.9 Å². The van der Waals surface area contributed by atoms with Gasteiger partial charge in [0.15, 0.2) is 17.1 Å². The number of aliphatic hydroxyl groups is 1. The summed E-state index contributed by atoms with van der Waals surface area (Å²) in [4.78, 5) is 30.9. The molecule has 37 heavy (non-hydrogen) atoms. The van der Waals surface area contributed by atoms with Crippen LogP contribution in [0, 0.1) is 0 Å². The van der Waals surface area contributed by atoms with Crippen LogP contribution in [0.5, 0.6) is 11.5 Å². The molecule has 0 radical (unpaired) electrons. The average molecular weight is 497 g/mol. The number of benzene rings is 2. The summed E-state index contributed by atoms with van der Waals surface area (Å²) in [5.74, 6) is 0.576. The molecular formula is C29H24N2O6. The van der Waals surface area contributed by atoms with Gasteiger partial charge in [0.2, 0.25) is 6.79 Å². The van der Waals surface area contributed by atoms with Crippen molar-refractivity contribution in [3.63, 3.8) is 0 Å². The first-order valence-corrected chi connectivity index (χ1v) is 12.5. The van der Waals surface area contributed by atoms with Gasteiger partial charge in [-0.3, -0.25) is 4.79 Å². The lowest BCUT2D eigenvalue weighted by Crippen LogP contribution is -2.44. The Morgan fingerprint density at radius 1 is 1.05 bits per heavy atom. The highest BCUT2D eigenvalue weighted by atomic mass is 16.7. The van der Waals surface area contributed by atoms with Crippen LogP contribution in [0.4, 0.5) is 0 Å². The van der Waals surface area contributed by atoms with Gasteiger partial charge in [0.25, 0.3) is 5.56 Å². The molecule has 4 aromatic rings. The topological polar surface area (TPSA) is 99.9 Å². The second-order valence-electron chi connectivity index (χ2n) is 9.70. The van der Waals surface area contributed by atoms with Gasteiger partial charge < -0.3 is 23.9 Å². The zero-order chi connectivity index (χ0) is 25.5. The number of fused-ring (bicyclic) bond motifs is 6. The quantitative estimate of drug-likeness (QED) is 0.376. The third kappa shape index (κ3) is 2.96. The van der Waals surface area contributed by atoms with Crippen molar-refractivity contribution in [1.29, 1.82) is 0 Å². The summed E-state index contributed by atoms with van der Waals surface area (Å²) in [7, 11) is 0. The second-order valence-corrected chi connectivity index (χ2v) is 9.70. The Morgan fingerprint density at radius 2 is 1.86 bits per heavy atom. The minimum atomic E-state index is -1.86. The van der Waals surface area contributed by atoms with E-state index >= 15 is 0 Å². The molecule has 3 aliphatic rings. The average Bonchev–Trinajstić information content (AvgIpc) is 3.53. The Labute approximate surface area is 212 Å². The van der Waals surface area contributed by atoms with Gasteiger partial charge in [0.1, 0.15) is 6.61 Å². The van der Waals surface area contributed by atoms with Crippen molar-refractivity contribution in [2.75, 3.05) is 6.79 Å². The third-order valence-electron chi connectivity index (χ3n) is 7.80. The number of nitrogens with zero attached hydrogens (tertiary/aromatic N) is 2. The number of aromatic nitrogens is 2. The van der Waals surface area contributed by atoms with Gasteiger partial charge in [-0.1, -0.05) is 38.1 Å². The predicted octanol–water partition coefficient (Wildman–Crippen LogP) is 4.04. The van der Waals surface area contributed by atoms with E-state index in [1.165, 1.54) is 5.56 Å². The molecule has 8 nitrogen and oxygen atoms in total. The molecule has 2 aromatic heterocycles. The number of rotatable bonds is 3. The molecule has 0 fully saturated rings. The molecule has 1 N–H and O–H groups in total. The van der Waals surface area contributed by atoms with E-state index in [0.29, 0.717) is 46.1 Å². The molecule has 0 spiro atoms. The molecule has 186 valence electrons. The Bertz CT molecular complexity index is 1710. The number of carbonyl (C=O) groups is 1. The van der Waals surface area contributed by atoms with Gasteiger partial charge in [-0.25, -0.2) is 9.78 Å². The summed E-state index contributed by atoms with van der Waals surface area (Å²) < 4.78 is 18.4. The summed E-state index contributed by atoms with van der Waals surface area (Å²) in [6.07, 6.45) is 1.05. The third-order valence-corrected chi connectivity index (χ3v) is 7.80. The number of pyridine rings is 2. The highest BCUT2D eigenvalue weighted by molar-refractivity contribution is 6.01. The van der Waals surface area contributed by atoms with Crippen LogP contribution in [0.1, 0.15) is 42.5 Å². The van der Waals surface area contributed by atoms with Crippen LogP contribution in [-0.2, 0) is 34.7 Å². The van der Waals surface area contributed by atoms with Gasteiger partial charge in [0.05, 0.1) is 29.0 Å². The highest BCUT2D eigenvalue weighted by Gasteiger charge is 2.45. The Morgan fingerprint density at radius 3 is 2.62 bits per heavy atom. The number of hydrogen-bond acceptors (Lipinski definition) is 7. The summed E-state index contributed by atoms with van der Waals surface area (Å²) in [6, 6.07) is 14.0. The van der Waals surface area contributed by atoms with Gasteiger partial charge in [0, 0.05) is 28.1 Å². The summed E-state index contributed by atoms with van der Waals surface area (Å²) in [6.45, 7) is 4.14. The van der Waals surface area contributed by atoms with Gasteiger partial charge in [-0.05, 0) is 36.1 Å². The van der Waals surface area contributed by atoms with Crippen LogP contribution >= 0.6 is 0 Å². The van der Waals surface area contributed by atoms with Crippen molar-refractivity contribution in [2.24, 2.45) is 0 Å². The first-order chi connectivity index (χ1) is 17.9. The van der Waals surface area contributed by atoms with Crippen molar-refractivity contribution in [3.05, 3.63) is 75.1 Å². The number of cyclic esters (lactones) is 1. The molecule has 5 heterocycles. The summed E-state index contributed by atoms with van der Waals surface area (Å²) in [5, 5.41) is 12.0. The first-order valence-electron chi connectivity index (χ1n) is 12.5. The lowest BCUT2D eigenvalue weighted by atomic mass is 9.86. The minimum absolute atomic E-state index is 0.101. The summed E-state index contributed by atoms with van der Waals surface area (Å²) in [5.41, 5.74) is 4.44. The maximum atomic E-state index is 13.5. The van der Waals surface area contributed by atoms with Crippen LogP contribution in [0.15, 0.2) is 47.3 Å². The zero-order valence-electron chi connectivity index (χ0n) is 20.5. The van der Waals surface area contributed by atoms with E-state index in [1.54, 1.807) is 17.6 Å². The minimum Gasteiger partial charge on any atom is -0.458 e. The van der Waals surface area contributed by atoms with E-state index in [1.807, 2.05) is 6.07 Å². The maximum Gasteiger partial charge on any atom is 0.343 e. The van der Waals surface area contributed by atoms with Crippen molar-refractivity contribution in [3.8, 4) is 34.0 Å². The summed E-state index contributed by atoms with van der Waals surface area (Å²) >= 11 is 0. The molecule has 0 aliphatic carbocycles. The van der Waals surface area contributed by atoms with Crippen LogP contribution in [-0.4, -0.2) is 27.4 Å². The SMILES string of the molecule is CCc1ccc(-c2c3c(cc4nc5c(cc24)Cn2c-5cc4c(c2=O)COC(=O)[C@]4(O)CC)OCO3)cc1. The fourth-order valence-electron chi connectivity index (χ4n) is 5.68. The number of carbonyl (C=O) groups excluding carboxylic acids is 1. The van der Waals surface area contributed by atoms with Gasteiger partial charge >= 0.3 is 5.97 Å². The molecule has 0 saturated carbocycles. The van der Waals surface area contributed by atoms with Crippen molar-refractivity contribution < 1.29 is 24.1 Å². The maximum absolute atomic E-state index is 13.5. The Balaban J connectivity index is 1.47. The van der Waals surface area contributed by atoms with Crippen LogP contribution in [0.25, 0.3) is 33.4 Å². The molecule has 0 saturated heterocycles. The number of esters is 1. The van der Waals surface area contributed by atoms with E-state index < -0.39 is 11.6 Å². The zero-order valence-corrected chi connectivity index (χ0v) is 20.5. The van der Waals surface area contributed by atoms with Gasteiger partial charge in [-0.15, -0.1) is 0 Å². The fourth-order valence-corrected chi connectivity index (χ4v) is 5.68. The predicted molar refractivity (Wildman–Crippen MR) is 135 cm³/mol.